The second-order valence-corrected chi connectivity index (χ2v) is 14.3. The topological polar surface area (TPSA) is 79.4 Å². The van der Waals surface area contributed by atoms with Gasteiger partial charge in [0.2, 0.25) is 0 Å². The van der Waals surface area contributed by atoms with E-state index in [1.165, 1.54) is 14.9 Å². The molecule has 1 atom stereocenters. The molecule has 1 fully saturated rings. The monoisotopic (exact) mass is 509 g/mol. The largest absolute Gasteiger partial charge is 0.381 e. The van der Waals surface area contributed by atoms with Crippen molar-refractivity contribution in [1.82, 2.24) is 9.55 Å². The number of halogens is 1. The molecule has 0 amide bonds. The number of hydrogen-bond donors (Lipinski definition) is 1. The minimum absolute atomic E-state index is 0.0680. The van der Waals surface area contributed by atoms with Crippen LogP contribution >= 0.6 is 0 Å². The Morgan fingerprint density at radius 1 is 1.03 bits per heavy atom. The normalized spacial score (nSPS) is 18.2. The molecule has 1 aliphatic rings. The molecule has 0 saturated carbocycles. The highest BCUT2D eigenvalue weighted by molar-refractivity contribution is 6.86. The maximum Gasteiger partial charge on any atom is 0.349 e. The van der Waals surface area contributed by atoms with Crippen LogP contribution in [0.1, 0.15) is 34.6 Å². The van der Waals surface area contributed by atoms with Crippen LogP contribution < -0.4 is 21.8 Å². The van der Waals surface area contributed by atoms with E-state index in [-0.39, 0.29) is 17.5 Å². The van der Waals surface area contributed by atoms with Gasteiger partial charge in [-0.2, -0.15) is 4.98 Å². The highest BCUT2D eigenvalue weighted by atomic mass is 28.3. The van der Waals surface area contributed by atoms with Crippen molar-refractivity contribution in [3.8, 4) is 0 Å². The average molecular weight is 510 g/mol. The number of benzene rings is 2. The number of nitrogen functional groups attached to an aromatic ring is 1. The highest BCUT2D eigenvalue weighted by Crippen LogP contribution is 2.51. The lowest BCUT2D eigenvalue weighted by Crippen LogP contribution is -2.62. The molecule has 0 spiro atoms. The molecule has 6 nitrogen and oxygen atoms in total. The molecular formula is C28H36FN3O3Si. The van der Waals surface area contributed by atoms with Gasteiger partial charge in [0.05, 0.1) is 13.2 Å². The van der Waals surface area contributed by atoms with E-state index in [0.29, 0.717) is 13.2 Å². The summed E-state index contributed by atoms with van der Waals surface area (Å²) in [7, 11) is -1.97. The van der Waals surface area contributed by atoms with Crippen LogP contribution in [-0.2, 0) is 16.0 Å². The number of aromatic nitrogens is 2. The number of rotatable bonds is 6. The standard InChI is InChI=1S/C28H36FN3O3Si/c1-26(2,3)24(36(20-12-8-6-9-13-20)21-14-10-7-11-15-21)28(18-34-27(4,5)35-19-28)17-32-16-22(29)23(30)31-25(32)33/h6-16,24,36H,17-19H2,1-5H3,(H2,30,31,33). The van der Waals surface area contributed by atoms with Crippen LogP contribution in [-0.4, -0.2) is 37.3 Å². The molecule has 2 N–H and O–H groups in total. The fourth-order valence-corrected chi connectivity index (χ4v) is 10.1. The van der Waals surface area contributed by atoms with Crippen molar-refractivity contribution in [2.24, 2.45) is 10.8 Å². The number of nitrogens with zero attached hydrogens (tertiary/aromatic N) is 2. The lowest BCUT2D eigenvalue weighted by atomic mass is 9.72. The summed E-state index contributed by atoms with van der Waals surface area (Å²) < 4.78 is 28.4. The Bertz CT molecular complexity index is 1190. The summed E-state index contributed by atoms with van der Waals surface area (Å²) in [5.41, 5.74) is 4.25. The van der Waals surface area contributed by atoms with Gasteiger partial charge in [-0.1, -0.05) is 91.8 Å². The minimum Gasteiger partial charge on any atom is -0.381 e. The Balaban J connectivity index is 1.93. The van der Waals surface area contributed by atoms with Crippen molar-refractivity contribution in [1.29, 1.82) is 0 Å². The first-order chi connectivity index (χ1) is 16.9. The van der Waals surface area contributed by atoms with Gasteiger partial charge < -0.3 is 15.2 Å². The van der Waals surface area contributed by atoms with E-state index in [1.54, 1.807) is 0 Å². The Morgan fingerprint density at radius 3 is 2.00 bits per heavy atom. The molecular weight excluding hydrogens is 473 g/mol. The number of nitrogens with two attached hydrogens (primary N) is 1. The molecule has 1 aromatic heterocycles. The first-order valence-electron chi connectivity index (χ1n) is 12.3. The molecule has 2 heterocycles. The molecule has 1 unspecified atom stereocenters. The summed E-state index contributed by atoms with van der Waals surface area (Å²) in [5, 5.41) is 2.59. The van der Waals surface area contributed by atoms with E-state index in [4.69, 9.17) is 15.2 Å². The van der Waals surface area contributed by atoms with Gasteiger partial charge in [-0.05, 0) is 24.8 Å². The third-order valence-corrected chi connectivity index (χ3v) is 11.7. The summed E-state index contributed by atoms with van der Waals surface area (Å²) >= 11 is 0. The van der Waals surface area contributed by atoms with Crippen molar-refractivity contribution < 1.29 is 13.9 Å². The summed E-state index contributed by atoms with van der Waals surface area (Å²) in [6.07, 6.45) is 1.16. The van der Waals surface area contributed by atoms with Gasteiger partial charge in [0.25, 0.3) is 0 Å². The van der Waals surface area contributed by atoms with Gasteiger partial charge in [-0.3, -0.25) is 4.57 Å². The zero-order valence-electron chi connectivity index (χ0n) is 21.7. The first kappa shape index (κ1) is 26.3. The van der Waals surface area contributed by atoms with Crippen LogP contribution in [0, 0.1) is 16.6 Å². The van der Waals surface area contributed by atoms with Crippen LogP contribution in [0.25, 0.3) is 0 Å². The van der Waals surface area contributed by atoms with E-state index in [9.17, 15) is 9.18 Å². The van der Waals surface area contributed by atoms with Crippen molar-refractivity contribution in [3.63, 3.8) is 0 Å². The van der Waals surface area contributed by atoms with Crippen LogP contribution in [0.3, 0.4) is 0 Å². The second kappa shape index (κ2) is 9.92. The van der Waals surface area contributed by atoms with Crippen LogP contribution in [0.15, 0.2) is 71.7 Å². The quantitative estimate of drug-likeness (QED) is 0.517. The van der Waals surface area contributed by atoms with Gasteiger partial charge >= 0.3 is 5.69 Å². The predicted octanol–water partition coefficient (Wildman–Crippen LogP) is 3.19. The second-order valence-electron chi connectivity index (χ2n) is 11.4. The molecule has 3 aromatic rings. The molecule has 0 aliphatic carbocycles. The molecule has 4 rings (SSSR count). The number of hydrogen-bond acceptors (Lipinski definition) is 5. The zero-order valence-corrected chi connectivity index (χ0v) is 22.9. The van der Waals surface area contributed by atoms with Crippen molar-refractivity contribution in [2.45, 2.75) is 52.5 Å². The van der Waals surface area contributed by atoms with Crippen molar-refractivity contribution in [3.05, 3.63) is 83.2 Å². The maximum absolute atomic E-state index is 14.5. The summed E-state index contributed by atoms with van der Waals surface area (Å²) in [4.78, 5) is 16.6. The van der Waals surface area contributed by atoms with E-state index >= 15 is 0 Å². The van der Waals surface area contributed by atoms with E-state index in [0.717, 1.165) is 6.20 Å². The Hall–Kier alpha value is -2.81. The molecule has 192 valence electrons. The number of ether oxygens (including phenoxy) is 2. The van der Waals surface area contributed by atoms with Gasteiger partial charge in [-0.15, -0.1) is 0 Å². The highest BCUT2D eigenvalue weighted by Gasteiger charge is 2.54. The molecule has 1 saturated heterocycles. The molecule has 8 heteroatoms. The van der Waals surface area contributed by atoms with Gasteiger partial charge in [0.15, 0.2) is 17.4 Å². The Morgan fingerprint density at radius 2 is 1.53 bits per heavy atom. The SMILES string of the molecule is CC1(C)OCC(Cn2cc(F)c(N)nc2=O)(C([SiH](c2ccccc2)c2ccccc2)C(C)(C)C)CO1. The third kappa shape index (κ3) is 5.45. The molecule has 1 aliphatic heterocycles. The number of anilines is 1. The van der Waals surface area contributed by atoms with Crippen LogP contribution in [0.4, 0.5) is 10.2 Å². The van der Waals surface area contributed by atoms with E-state index in [2.05, 4.69) is 74.3 Å². The van der Waals surface area contributed by atoms with E-state index < -0.39 is 37.3 Å². The third-order valence-electron chi connectivity index (χ3n) is 7.12. The van der Waals surface area contributed by atoms with Crippen LogP contribution in [0.2, 0.25) is 5.54 Å². The molecule has 0 radical (unpaired) electrons. The summed E-state index contributed by atoms with van der Waals surface area (Å²) in [6.45, 7) is 11.4. The van der Waals surface area contributed by atoms with Gasteiger partial charge in [0, 0.05) is 18.2 Å². The van der Waals surface area contributed by atoms with E-state index in [1.807, 2.05) is 26.0 Å². The lowest BCUT2D eigenvalue weighted by molar-refractivity contribution is -0.291. The lowest BCUT2D eigenvalue weighted by Gasteiger charge is -2.54. The molecule has 36 heavy (non-hydrogen) atoms. The minimum atomic E-state index is -1.97. The zero-order chi connectivity index (χ0) is 26.1. The molecule has 2 aromatic carbocycles. The fraction of sp³-hybridized carbons (Fsp3) is 0.429. The first-order valence-corrected chi connectivity index (χ1v) is 14.1. The maximum atomic E-state index is 14.5. The van der Waals surface area contributed by atoms with Gasteiger partial charge in [0.1, 0.15) is 8.80 Å². The van der Waals surface area contributed by atoms with Gasteiger partial charge in [-0.25, -0.2) is 9.18 Å². The van der Waals surface area contributed by atoms with Crippen molar-refractivity contribution >= 4 is 25.0 Å². The average Bonchev–Trinajstić information content (AvgIpc) is 2.83. The fourth-order valence-electron chi connectivity index (χ4n) is 5.69. The molecule has 0 bridgehead atoms. The Kier molecular flexibility index (Phi) is 7.23. The smallest absolute Gasteiger partial charge is 0.349 e. The van der Waals surface area contributed by atoms with Crippen LogP contribution in [0.5, 0.6) is 0 Å². The van der Waals surface area contributed by atoms with Crippen molar-refractivity contribution in [2.75, 3.05) is 18.9 Å². The Labute approximate surface area is 213 Å². The summed E-state index contributed by atoms with van der Waals surface area (Å²) in [6, 6.07) is 21.1. The summed E-state index contributed by atoms with van der Waals surface area (Å²) in [5.74, 6) is -1.86. The predicted molar refractivity (Wildman–Crippen MR) is 144 cm³/mol.